The first-order chi connectivity index (χ1) is 8.22. The summed E-state index contributed by atoms with van der Waals surface area (Å²) in [4.78, 5) is 0. The van der Waals surface area contributed by atoms with Gasteiger partial charge in [0, 0.05) is 12.6 Å². The molecule has 2 rings (SSSR count). The summed E-state index contributed by atoms with van der Waals surface area (Å²) in [7, 11) is 0. The summed E-state index contributed by atoms with van der Waals surface area (Å²) < 4.78 is 5.96. The number of nitrogens with one attached hydrogen (secondary N) is 1. The van der Waals surface area contributed by atoms with Crippen molar-refractivity contribution in [2.24, 2.45) is 0 Å². The molecule has 17 heavy (non-hydrogen) atoms. The molecule has 94 valence electrons. The van der Waals surface area contributed by atoms with Crippen LogP contribution in [0.3, 0.4) is 0 Å². The Morgan fingerprint density at radius 3 is 2.65 bits per heavy atom. The predicted molar refractivity (Wildman–Crippen MR) is 71.3 cm³/mol. The molecule has 2 unspecified atom stereocenters. The van der Waals surface area contributed by atoms with Crippen LogP contribution in [0.25, 0.3) is 0 Å². The Hall–Kier alpha value is -0.860. The van der Waals surface area contributed by atoms with Gasteiger partial charge >= 0.3 is 0 Å². The van der Waals surface area contributed by atoms with Crippen LogP contribution in [-0.4, -0.2) is 19.2 Å². The molecule has 2 atom stereocenters. The molecule has 1 aliphatic rings. The van der Waals surface area contributed by atoms with Gasteiger partial charge in [-0.2, -0.15) is 0 Å². The summed E-state index contributed by atoms with van der Waals surface area (Å²) in [6.07, 6.45) is 2.50. The third kappa shape index (κ3) is 2.88. The standard InChI is InChI=1S/C15H23NO/c1-4-16-13-8-9-17-14(10-13)15-11(2)6-5-7-12(15)3/h5-7,13-14,16H,4,8-10H2,1-3H3. The third-order valence-electron chi connectivity index (χ3n) is 3.64. The van der Waals surface area contributed by atoms with Crippen molar-refractivity contribution in [1.82, 2.24) is 5.32 Å². The smallest absolute Gasteiger partial charge is 0.0844 e. The summed E-state index contributed by atoms with van der Waals surface area (Å²) in [5.74, 6) is 0. The van der Waals surface area contributed by atoms with Gasteiger partial charge in [-0.15, -0.1) is 0 Å². The molecular formula is C15H23NO. The van der Waals surface area contributed by atoms with E-state index in [9.17, 15) is 0 Å². The van der Waals surface area contributed by atoms with Crippen molar-refractivity contribution in [3.63, 3.8) is 0 Å². The third-order valence-corrected chi connectivity index (χ3v) is 3.64. The van der Waals surface area contributed by atoms with Crippen molar-refractivity contribution in [2.75, 3.05) is 13.2 Å². The minimum absolute atomic E-state index is 0.272. The Morgan fingerprint density at radius 1 is 1.29 bits per heavy atom. The summed E-state index contributed by atoms with van der Waals surface area (Å²) >= 11 is 0. The maximum atomic E-state index is 5.96. The Bertz CT molecular complexity index is 353. The van der Waals surface area contributed by atoms with Crippen LogP contribution in [0.15, 0.2) is 18.2 Å². The lowest BCUT2D eigenvalue weighted by molar-refractivity contribution is -0.0000873. The van der Waals surface area contributed by atoms with Crippen LogP contribution in [0.1, 0.15) is 42.6 Å². The molecule has 0 aliphatic carbocycles. The number of hydrogen-bond donors (Lipinski definition) is 1. The molecule has 1 saturated heterocycles. The lowest BCUT2D eigenvalue weighted by Crippen LogP contribution is -2.36. The number of ether oxygens (including phenoxy) is 1. The van der Waals surface area contributed by atoms with E-state index in [2.05, 4.69) is 44.3 Å². The highest BCUT2D eigenvalue weighted by molar-refractivity contribution is 5.35. The van der Waals surface area contributed by atoms with Crippen LogP contribution in [0.4, 0.5) is 0 Å². The fourth-order valence-corrected chi connectivity index (χ4v) is 2.81. The van der Waals surface area contributed by atoms with Crippen molar-refractivity contribution in [3.05, 3.63) is 34.9 Å². The highest BCUT2D eigenvalue weighted by Crippen LogP contribution is 2.32. The second-order valence-electron chi connectivity index (χ2n) is 4.94. The van der Waals surface area contributed by atoms with Gasteiger partial charge in [-0.1, -0.05) is 25.1 Å². The molecule has 0 spiro atoms. The molecule has 2 nitrogen and oxygen atoms in total. The zero-order chi connectivity index (χ0) is 12.3. The van der Waals surface area contributed by atoms with Crippen molar-refractivity contribution >= 4 is 0 Å². The van der Waals surface area contributed by atoms with Crippen molar-refractivity contribution < 1.29 is 4.74 Å². The zero-order valence-electron chi connectivity index (χ0n) is 11.1. The summed E-state index contributed by atoms with van der Waals surface area (Å²) in [6, 6.07) is 7.10. The summed E-state index contributed by atoms with van der Waals surface area (Å²) in [5.41, 5.74) is 4.11. The number of hydrogen-bond acceptors (Lipinski definition) is 2. The van der Waals surface area contributed by atoms with Gasteiger partial charge in [0.05, 0.1) is 6.10 Å². The van der Waals surface area contributed by atoms with Gasteiger partial charge in [0.15, 0.2) is 0 Å². The molecule has 0 aromatic heterocycles. The first-order valence-electron chi connectivity index (χ1n) is 6.63. The van der Waals surface area contributed by atoms with Gasteiger partial charge in [-0.25, -0.2) is 0 Å². The fraction of sp³-hybridized carbons (Fsp3) is 0.600. The molecule has 0 bridgehead atoms. The molecule has 0 amide bonds. The van der Waals surface area contributed by atoms with Gasteiger partial charge in [-0.3, -0.25) is 0 Å². The quantitative estimate of drug-likeness (QED) is 0.866. The topological polar surface area (TPSA) is 21.3 Å². The van der Waals surface area contributed by atoms with E-state index in [4.69, 9.17) is 4.74 Å². The SMILES string of the molecule is CCNC1CCOC(c2c(C)cccc2C)C1. The first kappa shape index (κ1) is 12.6. The van der Waals surface area contributed by atoms with Crippen LogP contribution in [0.5, 0.6) is 0 Å². The van der Waals surface area contributed by atoms with Crippen molar-refractivity contribution in [2.45, 2.75) is 45.8 Å². The monoisotopic (exact) mass is 233 g/mol. The van der Waals surface area contributed by atoms with Gasteiger partial charge in [0.2, 0.25) is 0 Å². The van der Waals surface area contributed by atoms with E-state index in [1.807, 2.05) is 0 Å². The van der Waals surface area contributed by atoms with Crippen molar-refractivity contribution in [3.8, 4) is 0 Å². The highest BCUT2D eigenvalue weighted by Gasteiger charge is 2.25. The second kappa shape index (κ2) is 5.65. The summed E-state index contributed by atoms with van der Waals surface area (Å²) in [5, 5.41) is 3.54. The van der Waals surface area contributed by atoms with E-state index in [-0.39, 0.29) is 6.10 Å². The molecule has 1 N–H and O–H groups in total. The molecule has 1 aliphatic heterocycles. The fourth-order valence-electron chi connectivity index (χ4n) is 2.81. The van der Waals surface area contributed by atoms with Crippen LogP contribution in [0, 0.1) is 13.8 Å². The largest absolute Gasteiger partial charge is 0.373 e. The molecule has 0 saturated carbocycles. The van der Waals surface area contributed by atoms with E-state index in [0.29, 0.717) is 6.04 Å². The van der Waals surface area contributed by atoms with Crippen molar-refractivity contribution in [1.29, 1.82) is 0 Å². The average molecular weight is 233 g/mol. The average Bonchev–Trinajstić information content (AvgIpc) is 2.30. The molecule has 1 heterocycles. The van der Waals surface area contributed by atoms with Gasteiger partial charge in [0.1, 0.15) is 0 Å². The van der Waals surface area contributed by atoms with Crippen LogP contribution >= 0.6 is 0 Å². The van der Waals surface area contributed by atoms with E-state index < -0.39 is 0 Å². The number of rotatable bonds is 3. The second-order valence-corrected chi connectivity index (χ2v) is 4.94. The number of benzene rings is 1. The van der Waals surface area contributed by atoms with Crippen LogP contribution in [0.2, 0.25) is 0 Å². The Morgan fingerprint density at radius 2 is 2.00 bits per heavy atom. The van der Waals surface area contributed by atoms with E-state index in [1.165, 1.54) is 16.7 Å². The Balaban J connectivity index is 2.16. The predicted octanol–water partition coefficient (Wildman–Crippen LogP) is 3.13. The van der Waals surface area contributed by atoms with E-state index in [1.54, 1.807) is 0 Å². The van der Waals surface area contributed by atoms with Gasteiger partial charge in [0.25, 0.3) is 0 Å². The van der Waals surface area contributed by atoms with Crippen LogP contribution < -0.4 is 5.32 Å². The molecular weight excluding hydrogens is 210 g/mol. The highest BCUT2D eigenvalue weighted by atomic mass is 16.5. The first-order valence-corrected chi connectivity index (χ1v) is 6.63. The minimum atomic E-state index is 0.272. The zero-order valence-corrected chi connectivity index (χ0v) is 11.1. The summed E-state index contributed by atoms with van der Waals surface area (Å²) in [6.45, 7) is 8.45. The van der Waals surface area contributed by atoms with E-state index >= 15 is 0 Å². The molecule has 1 aromatic rings. The lowest BCUT2D eigenvalue weighted by atomic mass is 9.91. The number of aryl methyl sites for hydroxylation is 2. The normalized spacial score (nSPS) is 24.9. The Kier molecular flexibility index (Phi) is 4.19. The lowest BCUT2D eigenvalue weighted by Gasteiger charge is -2.32. The molecule has 0 radical (unpaired) electrons. The molecule has 2 heteroatoms. The Labute approximate surface area is 104 Å². The maximum Gasteiger partial charge on any atom is 0.0844 e. The molecule has 1 fully saturated rings. The van der Waals surface area contributed by atoms with E-state index in [0.717, 1.165) is 26.0 Å². The van der Waals surface area contributed by atoms with Gasteiger partial charge in [-0.05, 0) is 49.9 Å². The molecule has 1 aromatic carbocycles. The maximum absolute atomic E-state index is 5.96. The van der Waals surface area contributed by atoms with Crippen LogP contribution in [-0.2, 0) is 4.74 Å². The minimum Gasteiger partial charge on any atom is -0.373 e. The van der Waals surface area contributed by atoms with Gasteiger partial charge < -0.3 is 10.1 Å².